The van der Waals surface area contributed by atoms with Crippen molar-refractivity contribution in [3.8, 4) is 5.75 Å². The number of aromatic nitrogens is 1. The Hall–Kier alpha value is -1.58. The Bertz CT molecular complexity index is 623. The molecule has 9 heteroatoms. The largest absolute Gasteiger partial charge is 0.489 e. The first kappa shape index (κ1) is 12.5. The van der Waals surface area contributed by atoms with Gasteiger partial charge < -0.3 is 20.8 Å². The molecule has 19 heavy (non-hydrogen) atoms. The van der Waals surface area contributed by atoms with E-state index >= 15 is 0 Å². The van der Waals surface area contributed by atoms with Crippen LogP contribution in [0.15, 0.2) is 11.1 Å². The summed E-state index contributed by atoms with van der Waals surface area (Å²) in [6.45, 7) is 1.56. The Kier molecular flexibility index (Phi) is 2.77. The summed E-state index contributed by atoms with van der Waals surface area (Å²) in [4.78, 5) is 13.7. The van der Waals surface area contributed by atoms with E-state index in [1.807, 2.05) is 0 Å². The number of carbonyl (C=O) groups is 1. The van der Waals surface area contributed by atoms with Gasteiger partial charge in [-0.25, -0.2) is 13.1 Å². The van der Waals surface area contributed by atoms with E-state index in [1.165, 1.54) is 6.20 Å². The number of nitrogens with one attached hydrogen (secondary N) is 3. The highest BCUT2D eigenvalue weighted by atomic mass is 32.2. The summed E-state index contributed by atoms with van der Waals surface area (Å²) in [7, 11) is -3.72. The molecular weight excluding hydrogens is 272 g/mol. The van der Waals surface area contributed by atoms with Crippen LogP contribution in [0.3, 0.4) is 0 Å². The van der Waals surface area contributed by atoms with Crippen LogP contribution in [0.5, 0.6) is 5.75 Å². The molecule has 2 aliphatic rings. The first-order valence-corrected chi connectivity index (χ1v) is 7.34. The number of hydrogen-bond acceptors (Lipinski definition) is 5. The standard InChI is InChI=1S/C10H14N4O4S/c11-10(15)8-9-7(3-13-8)19(16,17)14-6-2-12-1-5(6)4-18-9/h3,5-6,12-14H,1-2,4H2,(H2,11,15). The number of carbonyl (C=O) groups excluding carboxylic acids is 1. The van der Waals surface area contributed by atoms with Crippen molar-refractivity contribution in [1.29, 1.82) is 0 Å². The number of amides is 1. The van der Waals surface area contributed by atoms with E-state index in [0.717, 1.165) is 0 Å². The second-order valence-corrected chi connectivity index (χ2v) is 6.36. The predicted octanol–water partition coefficient (Wildman–Crippen LogP) is -1.63. The van der Waals surface area contributed by atoms with Gasteiger partial charge in [-0.05, 0) is 0 Å². The quantitative estimate of drug-likeness (QED) is 0.493. The van der Waals surface area contributed by atoms with E-state index in [2.05, 4.69) is 15.0 Å². The Morgan fingerprint density at radius 1 is 1.42 bits per heavy atom. The van der Waals surface area contributed by atoms with E-state index in [1.54, 1.807) is 0 Å². The van der Waals surface area contributed by atoms with E-state index in [-0.39, 0.29) is 28.3 Å². The number of hydrogen-bond donors (Lipinski definition) is 4. The Morgan fingerprint density at radius 3 is 2.95 bits per heavy atom. The van der Waals surface area contributed by atoms with E-state index in [9.17, 15) is 13.2 Å². The van der Waals surface area contributed by atoms with Gasteiger partial charge in [0, 0.05) is 31.2 Å². The van der Waals surface area contributed by atoms with Crippen LogP contribution in [0.1, 0.15) is 10.5 Å². The fourth-order valence-electron chi connectivity index (χ4n) is 2.42. The van der Waals surface area contributed by atoms with E-state index in [0.29, 0.717) is 19.7 Å². The molecule has 3 heterocycles. The molecule has 1 amide bonds. The minimum atomic E-state index is -3.72. The lowest BCUT2D eigenvalue weighted by Gasteiger charge is -2.23. The summed E-state index contributed by atoms with van der Waals surface area (Å²) in [5, 5.41) is 3.11. The van der Waals surface area contributed by atoms with Crippen molar-refractivity contribution in [3.63, 3.8) is 0 Å². The molecule has 0 spiro atoms. The number of ether oxygens (including phenoxy) is 1. The molecule has 1 aromatic rings. The monoisotopic (exact) mass is 286 g/mol. The molecular formula is C10H14N4O4S. The average molecular weight is 286 g/mol. The molecule has 0 bridgehead atoms. The number of nitrogens with two attached hydrogens (primary N) is 1. The molecule has 1 fully saturated rings. The summed E-state index contributed by atoms with van der Waals surface area (Å²) >= 11 is 0. The predicted molar refractivity (Wildman–Crippen MR) is 65.3 cm³/mol. The fourth-order valence-corrected chi connectivity index (χ4v) is 3.84. The number of H-pyrrole nitrogens is 1. The maximum atomic E-state index is 12.2. The van der Waals surface area contributed by atoms with Crippen LogP contribution < -0.4 is 20.5 Å². The molecule has 104 valence electrons. The molecule has 2 aliphatic heterocycles. The lowest BCUT2D eigenvalue weighted by molar-refractivity contribution is 0.0990. The van der Waals surface area contributed by atoms with Gasteiger partial charge in [0.05, 0.1) is 6.61 Å². The van der Waals surface area contributed by atoms with Gasteiger partial charge >= 0.3 is 0 Å². The SMILES string of the molecule is NC(=O)c1[nH]cc2c1OCC1CNCC1NS2(=O)=O. The first-order chi connectivity index (χ1) is 8.99. The third kappa shape index (κ3) is 1.99. The molecule has 3 rings (SSSR count). The minimum absolute atomic E-state index is 0.00495. The summed E-state index contributed by atoms with van der Waals surface area (Å²) in [6, 6.07) is -0.204. The maximum absolute atomic E-state index is 12.2. The molecule has 0 saturated carbocycles. The van der Waals surface area contributed by atoms with Crippen molar-refractivity contribution >= 4 is 15.9 Å². The van der Waals surface area contributed by atoms with Crippen molar-refractivity contribution in [1.82, 2.24) is 15.0 Å². The zero-order chi connectivity index (χ0) is 13.6. The molecule has 2 atom stereocenters. The molecule has 0 aliphatic carbocycles. The molecule has 2 unspecified atom stereocenters. The van der Waals surface area contributed by atoms with E-state index < -0.39 is 15.9 Å². The lowest BCUT2D eigenvalue weighted by atomic mass is 10.1. The fraction of sp³-hybridized carbons (Fsp3) is 0.500. The van der Waals surface area contributed by atoms with Crippen molar-refractivity contribution < 1.29 is 17.9 Å². The topological polar surface area (TPSA) is 126 Å². The van der Waals surface area contributed by atoms with Crippen LogP contribution >= 0.6 is 0 Å². The number of fused-ring (bicyclic) bond motifs is 2. The Morgan fingerprint density at radius 2 is 2.21 bits per heavy atom. The number of primary amides is 1. The molecule has 5 N–H and O–H groups in total. The van der Waals surface area contributed by atoms with Gasteiger partial charge in [0.25, 0.3) is 5.91 Å². The summed E-state index contributed by atoms with van der Waals surface area (Å²) in [6.07, 6.45) is 1.22. The van der Waals surface area contributed by atoms with Crippen molar-refractivity contribution in [2.75, 3.05) is 19.7 Å². The van der Waals surface area contributed by atoms with E-state index in [4.69, 9.17) is 10.5 Å². The van der Waals surface area contributed by atoms with Gasteiger partial charge in [-0.2, -0.15) is 0 Å². The summed E-state index contributed by atoms with van der Waals surface area (Å²) < 4.78 is 32.6. The highest BCUT2D eigenvalue weighted by Gasteiger charge is 2.37. The van der Waals surface area contributed by atoms with Gasteiger partial charge in [0.1, 0.15) is 10.6 Å². The van der Waals surface area contributed by atoms with Crippen LogP contribution in [-0.2, 0) is 10.0 Å². The summed E-state index contributed by atoms with van der Waals surface area (Å²) in [5.74, 6) is -0.720. The Balaban J connectivity index is 2.08. The first-order valence-electron chi connectivity index (χ1n) is 5.86. The second kappa shape index (κ2) is 4.22. The second-order valence-electron chi connectivity index (χ2n) is 4.68. The van der Waals surface area contributed by atoms with Gasteiger partial charge in [-0.1, -0.05) is 0 Å². The molecule has 0 radical (unpaired) electrons. The van der Waals surface area contributed by atoms with Crippen molar-refractivity contribution in [2.24, 2.45) is 11.7 Å². The Labute approximate surface area is 109 Å². The minimum Gasteiger partial charge on any atom is -0.489 e. The number of aromatic amines is 1. The molecule has 0 aromatic carbocycles. The third-order valence-corrected chi connectivity index (χ3v) is 4.92. The highest BCUT2D eigenvalue weighted by molar-refractivity contribution is 7.89. The lowest BCUT2D eigenvalue weighted by Crippen LogP contribution is -2.43. The number of rotatable bonds is 1. The van der Waals surface area contributed by atoms with Crippen LogP contribution in [0, 0.1) is 5.92 Å². The molecule has 8 nitrogen and oxygen atoms in total. The summed E-state index contributed by atoms with van der Waals surface area (Å²) in [5.41, 5.74) is 5.17. The van der Waals surface area contributed by atoms with Crippen molar-refractivity contribution in [2.45, 2.75) is 10.9 Å². The molecule has 1 aromatic heterocycles. The third-order valence-electron chi connectivity index (χ3n) is 3.42. The van der Waals surface area contributed by atoms with Gasteiger partial charge in [-0.3, -0.25) is 4.79 Å². The zero-order valence-electron chi connectivity index (χ0n) is 9.97. The van der Waals surface area contributed by atoms with Crippen LogP contribution in [-0.4, -0.2) is 45.0 Å². The van der Waals surface area contributed by atoms with Crippen LogP contribution in [0.25, 0.3) is 0 Å². The van der Waals surface area contributed by atoms with Gasteiger partial charge in [0.2, 0.25) is 10.0 Å². The smallest absolute Gasteiger partial charge is 0.269 e. The average Bonchev–Trinajstić information content (AvgIpc) is 2.90. The normalized spacial score (nSPS) is 28.6. The van der Waals surface area contributed by atoms with Gasteiger partial charge in [0.15, 0.2) is 5.75 Å². The number of sulfonamides is 1. The zero-order valence-corrected chi connectivity index (χ0v) is 10.8. The van der Waals surface area contributed by atoms with Crippen molar-refractivity contribution in [3.05, 3.63) is 11.9 Å². The highest BCUT2D eigenvalue weighted by Crippen LogP contribution is 2.31. The van der Waals surface area contributed by atoms with Gasteiger partial charge in [-0.15, -0.1) is 0 Å². The van der Waals surface area contributed by atoms with Crippen LogP contribution in [0.4, 0.5) is 0 Å². The maximum Gasteiger partial charge on any atom is 0.269 e. The van der Waals surface area contributed by atoms with Crippen LogP contribution in [0.2, 0.25) is 0 Å². The molecule has 1 saturated heterocycles.